The Morgan fingerprint density at radius 2 is 2.00 bits per heavy atom. The fourth-order valence-electron chi connectivity index (χ4n) is 1.89. The fraction of sp³-hybridized carbons (Fsp3) is 0.231. The van der Waals surface area contributed by atoms with E-state index in [1.807, 2.05) is 25.1 Å². The Balaban J connectivity index is 1.83. The lowest BCUT2D eigenvalue weighted by atomic mass is 10.2. The van der Waals surface area contributed by atoms with Gasteiger partial charge in [-0.2, -0.15) is 0 Å². The summed E-state index contributed by atoms with van der Waals surface area (Å²) in [6.45, 7) is 2.22. The smallest absolute Gasteiger partial charge is 0.231 e. The van der Waals surface area contributed by atoms with Crippen LogP contribution in [0.4, 0.5) is 5.69 Å². The SMILES string of the molecule is CC(Nc1cc2c(cc1Cl)OCO2)c1ccc(Br)o1. The molecule has 0 saturated carbocycles. The van der Waals surface area contributed by atoms with Gasteiger partial charge in [-0.05, 0) is 35.0 Å². The fourth-order valence-corrected chi connectivity index (χ4v) is 2.42. The molecule has 0 saturated heterocycles. The first-order valence-corrected chi connectivity index (χ1v) is 6.91. The van der Waals surface area contributed by atoms with Gasteiger partial charge in [0.15, 0.2) is 16.2 Å². The Bertz CT molecular complexity index is 614. The predicted octanol–water partition coefficient (Wildman–Crippen LogP) is 4.60. The number of halogens is 2. The van der Waals surface area contributed by atoms with E-state index in [-0.39, 0.29) is 12.8 Å². The molecule has 19 heavy (non-hydrogen) atoms. The second-order valence-electron chi connectivity index (χ2n) is 4.19. The summed E-state index contributed by atoms with van der Waals surface area (Å²) in [5, 5.41) is 3.87. The first-order valence-electron chi connectivity index (χ1n) is 5.74. The van der Waals surface area contributed by atoms with Crippen LogP contribution >= 0.6 is 27.5 Å². The summed E-state index contributed by atoms with van der Waals surface area (Å²) in [6, 6.07) is 7.33. The highest BCUT2D eigenvalue weighted by molar-refractivity contribution is 9.10. The summed E-state index contributed by atoms with van der Waals surface area (Å²) in [4.78, 5) is 0. The van der Waals surface area contributed by atoms with E-state index in [0.29, 0.717) is 21.2 Å². The van der Waals surface area contributed by atoms with Gasteiger partial charge in [0.2, 0.25) is 6.79 Å². The molecule has 0 spiro atoms. The summed E-state index contributed by atoms with van der Waals surface area (Å²) in [5.74, 6) is 2.18. The zero-order valence-electron chi connectivity index (χ0n) is 10.1. The summed E-state index contributed by atoms with van der Waals surface area (Å²) in [7, 11) is 0. The van der Waals surface area contributed by atoms with E-state index in [1.54, 1.807) is 6.07 Å². The van der Waals surface area contributed by atoms with Gasteiger partial charge in [0.25, 0.3) is 0 Å². The van der Waals surface area contributed by atoms with Crippen molar-refractivity contribution in [3.05, 3.63) is 39.7 Å². The molecule has 0 fully saturated rings. The first kappa shape index (κ1) is 12.7. The molecule has 1 aliphatic heterocycles. The van der Waals surface area contributed by atoms with Gasteiger partial charge in [-0.3, -0.25) is 0 Å². The molecule has 0 bridgehead atoms. The lowest BCUT2D eigenvalue weighted by Crippen LogP contribution is -2.05. The van der Waals surface area contributed by atoms with Crippen molar-refractivity contribution >= 4 is 33.2 Å². The molecule has 0 aliphatic carbocycles. The van der Waals surface area contributed by atoms with Crippen LogP contribution in [0.2, 0.25) is 5.02 Å². The third-order valence-electron chi connectivity index (χ3n) is 2.86. The molecule has 1 N–H and O–H groups in total. The Morgan fingerprint density at radius 1 is 1.26 bits per heavy atom. The topological polar surface area (TPSA) is 43.6 Å². The van der Waals surface area contributed by atoms with Crippen LogP contribution in [-0.2, 0) is 0 Å². The first-order chi connectivity index (χ1) is 9.13. The summed E-state index contributed by atoms with van der Waals surface area (Å²) in [6.07, 6.45) is 0. The van der Waals surface area contributed by atoms with Gasteiger partial charge in [0.1, 0.15) is 5.76 Å². The Labute approximate surface area is 123 Å². The minimum atomic E-state index is -0.0100. The second-order valence-corrected chi connectivity index (χ2v) is 5.38. The minimum Gasteiger partial charge on any atom is -0.454 e. The van der Waals surface area contributed by atoms with Gasteiger partial charge in [0, 0.05) is 12.1 Å². The number of rotatable bonds is 3. The largest absolute Gasteiger partial charge is 0.454 e. The van der Waals surface area contributed by atoms with E-state index in [0.717, 1.165) is 11.4 Å². The third kappa shape index (κ3) is 2.53. The van der Waals surface area contributed by atoms with Gasteiger partial charge in [-0.25, -0.2) is 0 Å². The lowest BCUT2D eigenvalue weighted by molar-refractivity contribution is 0.174. The molecule has 1 unspecified atom stereocenters. The van der Waals surface area contributed by atoms with E-state index in [2.05, 4.69) is 21.2 Å². The average Bonchev–Trinajstić information content (AvgIpc) is 2.98. The van der Waals surface area contributed by atoms with Crippen LogP contribution in [0, 0.1) is 0 Å². The summed E-state index contributed by atoms with van der Waals surface area (Å²) >= 11 is 9.49. The van der Waals surface area contributed by atoms with Gasteiger partial charge in [0.05, 0.1) is 16.8 Å². The van der Waals surface area contributed by atoms with Crippen LogP contribution in [0.5, 0.6) is 11.5 Å². The number of anilines is 1. The number of benzene rings is 1. The highest BCUT2D eigenvalue weighted by Gasteiger charge is 2.18. The molecule has 6 heteroatoms. The molecule has 2 heterocycles. The number of ether oxygens (including phenoxy) is 2. The normalized spacial score (nSPS) is 14.5. The Kier molecular flexibility index (Phi) is 3.33. The average molecular weight is 345 g/mol. The molecule has 4 nitrogen and oxygen atoms in total. The van der Waals surface area contributed by atoms with E-state index in [4.69, 9.17) is 25.5 Å². The standard InChI is InChI=1S/C13H11BrClNO3/c1-7(10-2-3-13(14)19-10)16-9-5-12-11(4-8(9)15)17-6-18-12/h2-5,7,16H,6H2,1H3. The molecular formula is C13H11BrClNO3. The van der Waals surface area contributed by atoms with Crippen molar-refractivity contribution in [3.8, 4) is 11.5 Å². The molecule has 1 aliphatic rings. The van der Waals surface area contributed by atoms with Crippen molar-refractivity contribution in [2.45, 2.75) is 13.0 Å². The van der Waals surface area contributed by atoms with Gasteiger partial charge in [-0.1, -0.05) is 11.6 Å². The number of furan rings is 1. The van der Waals surface area contributed by atoms with Gasteiger partial charge < -0.3 is 19.2 Å². The Morgan fingerprint density at radius 3 is 2.68 bits per heavy atom. The molecule has 2 aromatic rings. The highest BCUT2D eigenvalue weighted by Crippen LogP contribution is 2.40. The number of nitrogens with one attached hydrogen (secondary N) is 1. The minimum absolute atomic E-state index is 0.0100. The van der Waals surface area contributed by atoms with Crippen LogP contribution in [0.15, 0.2) is 33.4 Å². The highest BCUT2D eigenvalue weighted by atomic mass is 79.9. The molecule has 100 valence electrons. The Hall–Kier alpha value is -1.33. The van der Waals surface area contributed by atoms with Crippen molar-refractivity contribution in [1.82, 2.24) is 0 Å². The molecular weight excluding hydrogens is 334 g/mol. The lowest BCUT2D eigenvalue weighted by Gasteiger charge is -2.14. The predicted molar refractivity (Wildman–Crippen MR) is 76.0 cm³/mol. The van der Waals surface area contributed by atoms with Crippen LogP contribution < -0.4 is 14.8 Å². The van der Waals surface area contributed by atoms with Crippen molar-refractivity contribution < 1.29 is 13.9 Å². The zero-order valence-corrected chi connectivity index (χ0v) is 12.4. The molecule has 0 amide bonds. The van der Waals surface area contributed by atoms with Crippen LogP contribution in [-0.4, -0.2) is 6.79 Å². The van der Waals surface area contributed by atoms with E-state index >= 15 is 0 Å². The monoisotopic (exact) mass is 343 g/mol. The van der Waals surface area contributed by atoms with Crippen molar-refractivity contribution in [2.75, 3.05) is 12.1 Å². The van der Waals surface area contributed by atoms with Crippen LogP contribution in [0.3, 0.4) is 0 Å². The number of fused-ring (bicyclic) bond motifs is 1. The maximum Gasteiger partial charge on any atom is 0.231 e. The second kappa shape index (κ2) is 4.98. The van der Waals surface area contributed by atoms with Gasteiger partial charge in [-0.15, -0.1) is 0 Å². The van der Waals surface area contributed by atoms with Crippen LogP contribution in [0.25, 0.3) is 0 Å². The van der Waals surface area contributed by atoms with Crippen molar-refractivity contribution in [3.63, 3.8) is 0 Å². The molecule has 1 atom stereocenters. The maximum atomic E-state index is 6.21. The van der Waals surface area contributed by atoms with Gasteiger partial charge >= 0.3 is 0 Å². The van der Waals surface area contributed by atoms with E-state index in [1.165, 1.54) is 0 Å². The van der Waals surface area contributed by atoms with Crippen molar-refractivity contribution in [1.29, 1.82) is 0 Å². The van der Waals surface area contributed by atoms with E-state index < -0.39 is 0 Å². The summed E-state index contributed by atoms with van der Waals surface area (Å²) in [5.41, 5.74) is 0.783. The van der Waals surface area contributed by atoms with E-state index in [9.17, 15) is 0 Å². The summed E-state index contributed by atoms with van der Waals surface area (Å²) < 4.78 is 16.8. The number of hydrogen-bond donors (Lipinski definition) is 1. The molecule has 1 aromatic heterocycles. The zero-order chi connectivity index (χ0) is 13.4. The van der Waals surface area contributed by atoms with Crippen LogP contribution in [0.1, 0.15) is 18.7 Å². The maximum absolute atomic E-state index is 6.21. The molecule has 0 radical (unpaired) electrons. The molecule has 3 rings (SSSR count). The third-order valence-corrected chi connectivity index (χ3v) is 3.59. The molecule has 1 aromatic carbocycles. The van der Waals surface area contributed by atoms with Crippen molar-refractivity contribution in [2.24, 2.45) is 0 Å². The number of hydrogen-bond acceptors (Lipinski definition) is 4. The quantitative estimate of drug-likeness (QED) is 0.884.